The standard InChI is InChI=1S/C19H17NO6/c1-12(21)13-3-2-4-14(9-13)19(23)26-11-18(22)20-15-5-6-16-17(10-15)25-8-7-24-16/h2-6,9-10H,7-8,11H2,1H3,(H,20,22). The van der Waals surface area contributed by atoms with Crippen molar-refractivity contribution in [2.75, 3.05) is 25.1 Å². The number of ether oxygens (including phenoxy) is 3. The van der Waals surface area contributed by atoms with E-state index >= 15 is 0 Å². The molecule has 0 atom stereocenters. The van der Waals surface area contributed by atoms with E-state index < -0.39 is 18.5 Å². The highest BCUT2D eigenvalue weighted by molar-refractivity contribution is 5.99. The van der Waals surface area contributed by atoms with Crippen molar-refractivity contribution >= 4 is 23.3 Å². The van der Waals surface area contributed by atoms with Crippen molar-refractivity contribution < 1.29 is 28.6 Å². The van der Waals surface area contributed by atoms with Crippen LogP contribution in [0.2, 0.25) is 0 Å². The van der Waals surface area contributed by atoms with Gasteiger partial charge in [-0.1, -0.05) is 12.1 Å². The molecule has 2 aromatic carbocycles. The lowest BCUT2D eigenvalue weighted by Gasteiger charge is -2.19. The van der Waals surface area contributed by atoms with Gasteiger partial charge >= 0.3 is 5.97 Å². The van der Waals surface area contributed by atoms with E-state index in [2.05, 4.69) is 5.32 Å². The van der Waals surface area contributed by atoms with E-state index in [1.165, 1.54) is 19.1 Å². The molecule has 1 heterocycles. The second-order valence-corrected chi connectivity index (χ2v) is 5.62. The lowest BCUT2D eigenvalue weighted by Crippen LogP contribution is -2.21. The van der Waals surface area contributed by atoms with E-state index in [-0.39, 0.29) is 11.3 Å². The second kappa shape index (κ2) is 7.69. The smallest absolute Gasteiger partial charge is 0.338 e. The van der Waals surface area contributed by atoms with Gasteiger partial charge in [0.15, 0.2) is 23.9 Å². The molecule has 0 aromatic heterocycles. The van der Waals surface area contributed by atoms with Crippen LogP contribution in [0.25, 0.3) is 0 Å². The Labute approximate surface area is 149 Å². The summed E-state index contributed by atoms with van der Waals surface area (Å²) in [4.78, 5) is 35.4. The van der Waals surface area contributed by atoms with Gasteiger partial charge < -0.3 is 19.5 Å². The Balaban J connectivity index is 1.56. The number of benzene rings is 2. The number of hydrogen-bond acceptors (Lipinski definition) is 6. The number of ketones is 1. The summed E-state index contributed by atoms with van der Waals surface area (Å²) in [5.74, 6) is -0.155. The second-order valence-electron chi connectivity index (χ2n) is 5.62. The summed E-state index contributed by atoms with van der Waals surface area (Å²) in [6, 6.07) is 11.2. The first-order chi connectivity index (χ1) is 12.5. The topological polar surface area (TPSA) is 90.9 Å². The molecule has 1 aliphatic heterocycles. The molecule has 7 nitrogen and oxygen atoms in total. The fourth-order valence-corrected chi connectivity index (χ4v) is 2.40. The highest BCUT2D eigenvalue weighted by atomic mass is 16.6. The molecule has 2 aromatic rings. The Morgan fingerprint density at radius 2 is 1.73 bits per heavy atom. The van der Waals surface area contributed by atoms with Crippen molar-refractivity contribution in [1.29, 1.82) is 0 Å². The first kappa shape index (κ1) is 17.5. The molecule has 0 saturated carbocycles. The molecule has 0 fully saturated rings. The van der Waals surface area contributed by atoms with Crippen LogP contribution < -0.4 is 14.8 Å². The zero-order valence-electron chi connectivity index (χ0n) is 14.1. The number of fused-ring (bicyclic) bond motifs is 1. The molecule has 0 aliphatic carbocycles. The third kappa shape index (κ3) is 4.18. The van der Waals surface area contributed by atoms with E-state index in [1.54, 1.807) is 30.3 Å². The van der Waals surface area contributed by atoms with Gasteiger partial charge in [0.1, 0.15) is 13.2 Å². The predicted octanol–water partition coefficient (Wildman–Crippen LogP) is 2.46. The number of rotatable bonds is 5. The summed E-state index contributed by atoms with van der Waals surface area (Å²) in [5.41, 5.74) is 1.12. The molecule has 1 amide bonds. The van der Waals surface area contributed by atoms with E-state index in [9.17, 15) is 14.4 Å². The lowest BCUT2D eigenvalue weighted by molar-refractivity contribution is -0.119. The van der Waals surface area contributed by atoms with Gasteiger partial charge in [0.2, 0.25) is 0 Å². The molecule has 0 bridgehead atoms. The maximum atomic E-state index is 12.0. The van der Waals surface area contributed by atoms with Crippen molar-refractivity contribution in [1.82, 2.24) is 0 Å². The van der Waals surface area contributed by atoms with Gasteiger partial charge in [-0.15, -0.1) is 0 Å². The first-order valence-corrected chi connectivity index (χ1v) is 8.00. The number of esters is 1. The van der Waals surface area contributed by atoms with E-state index in [0.29, 0.717) is 36.0 Å². The third-order valence-electron chi connectivity index (χ3n) is 3.67. The Morgan fingerprint density at radius 3 is 2.50 bits per heavy atom. The van der Waals surface area contributed by atoms with Crippen molar-refractivity contribution in [3.8, 4) is 11.5 Å². The van der Waals surface area contributed by atoms with Crippen LogP contribution >= 0.6 is 0 Å². The number of nitrogens with one attached hydrogen (secondary N) is 1. The molecule has 26 heavy (non-hydrogen) atoms. The first-order valence-electron chi connectivity index (χ1n) is 8.00. The van der Waals surface area contributed by atoms with Crippen molar-refractivity contribution in [3.05, 3.63) is 53.6 Å². The molecular formula is C19H17NO6. The zero-order valence-corrected chi connectivity index (χ0v) is 14.1. The van der Waals surface area contributed by atoms with Crippen molar-refractivity contribution in [3.63, 3.8) is 0 Å². The zero-order chi connectivity index (χ0) is 18.5. The van der Waals surface area contributed by atoms with E-state index in [0.717, 1.165) is 0 Å². The Morgan fingerprint density at radius 1 is 1.00 bits per heavy atom. The number of hydrogen-bond donors (Lipinski definition) is 1. The van der Waals surface area contributed by atoms with Crippen molar-refractivity contribution in [2.45, 2.75) is 6.92 Å². The summed E-state index contributed by atoms with van der Waals surface area (Å²) in [7, 11) is 0. The van der Waals surface area contributed by atoms with Gasteiger partial charge in [0.05, 0.1) is 5.56 Å². The minimum Gasteiger partial charge on any atom is -0.486 e. The predicted molar refractivity (Wildman–Crippen MR) is 92.8 cm³/mol. The average Bonchev–Trinajstić information content (AvgIpc) is 2.66. The van der Waals surface area contributed by atoms with Crippen LogP contribution in [0.15, 0.2) is 42.5 Å². The van der Waals surface area contributed by atoms with Gasteiger partial charge in [0, 0.05) is 17.3 Å². The Kier molecular flexibility index (Phi) is 5.17. The average molecular weight is 355 g/mol. The highest BCUT2D eigenvalue weighted by Crippen LogP contribution is 2.32. The number of carbonyl (C=O) groups excluding carboxylic acids is 3. The molecule has 0 radical (unpaired) electrons. The highest BCUT2D eigenvalue weighted by Gasteiger charge is 2.14. The minimum atomic E-state index is -0.676. The maximum absolute atomic E-state index is 12.0. The van der Waals surface area contributed by atoms with Crippen LogP contribution in [0, 0.1) is 0 Å². The normalized spacial score (nSPS) is 12.2. The Bertz CT molecular complexity index is 861. The van der Waals surface area contributed by atoms with Crippen LogP contribution in [0.4, 0.5) is 5.69 Å². The van der Waals surface area contributed by atoms with Crippen molar-refractivity contribution in [2.24, 2.45) is 0 Å². The van der Waals surface area contributed by atoms with Crippen LogP contribution in [-0.4, -0.2) is 37.5 Å². The van der Waals surface area contributed by atoms with Gasteiger partial charge in [-0.2, -0.15) is 0 Å². The number of amides is 1. The Hall–Kier alpha value is -3.35. The minimum absolute atomic E-state index is 0.156. The molecule has 134 valence electrons. The van der Waals surface area contributed by atoms with Crippen LogP contribution in [0.1, 0.15) is 27.6 Å². The van der Waals surface area contributed by atoms with Crippen LogP contribution in [-0.2, 0) is 9.53 Å². The molecule has 1 N–H and O–H groups in total. The molecule has 0 unspecified atom stereocenters. The number of carbonyl (C=O) groups is 3. The molecule has 0 spiro atoms. The molecule has 0 saturated heterocycles. The van der Waals surface area contributed by atoms with Gasteiger partial charge in [-0.25, -0.2) is 4.79 Å². The van der Waals surface area contributed by atoms with Crippen LogP contribution in [0.5, 0.6) is 11.5 Å². The summed E-state index contributed by atoms with van der Waals surface area (Å²) < 4.78 is 15.8. The summed E-state index contributed by atoms with van der Waals surface area (Å²) in [5, 5.41) is 2.62. The third-order valence-corrected chi connectivity index (χ3v) is 3.67. The molecule has 3 rings (SSSR count). The van der Waals surface area contributed by atoms with Gasteiger partial charge in [-0.3, -0.25) is 9.59 Å². The summed E-state index contributed by atoms with van der Waals surface area (Å²) in [6.45, 7) is 1.89. The number of anilines is 1. The molecular weight excluding hydrogens is 338 g/mol. The van der Waals surface area contributed by atoms with Crippen LogP contribution in [0.3, 0.4) is 0 Å². The largest absolute Gasteiger partial charge is 0.486 e. The fourth-order valence-electron chi connectivity index (χ4n) is 2.40. The SMILES string of the molecule is CC(=O)c1cccc(C(=O)OCC(=O)Nc2ccc3c(c2)OCCO3)c1. The van der Waals surface area contributed by atoms with E-state index in [1.807, 2.05) is 0 Å². The lowest BCUT2D eigenvalue weighted by atomic mass is 10.1. The summed E-state index contributed by atoms with van der Waals surface area (Å²) in [6.07, 6.45) is 0. The summed E-state index contributed by atoms with van der Waals surface area (Å²) >= 11 is 0. The molecule has 1 aliphatic rings. The van der Waals surface area contributed by atoms with Gasteiger partial charge in [-0.05, 0) is 31.2 Å². The maximum Gasteiger partial charge on any atom is 0.338 e. The quantitative estimate of drug-likeness (QED) is 0.654. The fraction of sp³-hybridized carbons (Fsp3) is 0.211. The monoisotopic (exact) mass is 355 g/mol. The number of Topliss-reactive ketones (excluding diaryl/α,β-unsaturated/α-hetero) is 1. The molecule has 7 heteroatoms. The van der Waals surface area contributed by atoms with E-state index in [4.69, 9.17) is 14.2 Å². The van der Waals surface area contributed by atoms with Gasteiger partial charge in [0.25, 0.3) is 5.91 Å².